The first-order chi connectivity index (χ1) is 12.7. The van der Waals surface area contributed by atoms with Crippen LogP contribution in [0.25, 0.3) is 10.8 Å². The van der Waals surface area contributed by atoms with Gasteiger partial charge in [-0.05, 0) is 29.3 Å². The number of benzene rings is 3. The number of fused-ring (bicyclic) bond motifs is 1. The Balaban J connectivity index is 0.00000120. The van der Waals surface area contributed by atoms with Crippen molar-refractivity contribution in [2.75, 3.05) is 0 Å². The zero-order valence-electron chi connectivity index (χ0n) is 15.3. The second-order valence-electron chi connectivity index (χ2n) is 4.93. The van der Waals surface area contributed by atoms with Crippen molar-refractivity contribution in [3.05, 3.63) is 60.7 Å². The molecule has 0 aromatic heterocycles. The van der Waals surface area contributed by atoms with Crippen LogP contribution in [0.5, 0.6) is 5.75 Å². The molecule has 0 aliphatic carbocycles. The monoisotopic (exact) mass is 452 g/mol. The van der Waals surface area contributed by atoms with Crippen LogP contribution in [0.1, 0.15) is 0 Å². The number of phenols is 1. The van der Waals surface area contributed by atoms with E-state index in [4.69, 9.17) is 12.6 Å². The van der Waals surface area contributed by atoms with Crippen molar-refractivity contribution in [1.82, 2.24) is 0 Å². The summed E-state index contributed by atoms with van der Waals surface area (Å²) in [4.78, 5) is -0.336. The van der Waals surface area contributed by atoms with Gasteiger partial charge in [0, 0.05) is 5.39 Å². The molecule has 9 nitrogen and oxygen atoms in total. The fraction of sp³-hybridized carbons (Fsp3) is 0. The molecule has 140 valence electrons. The molecule has 0 spiro atoms. The number of hydrogen-bond acceptors (Lipinski definition) is 9. The van der Waals surface area contributed by atoms with E-state index in [0.29, 0.717) is 16.5 Å². The van der Waals surface area contributed by atoms with Crippen molar-refractivity contribution in [2.45, 2.75) is 4.90 Å². The van der Waals surface area contributed by atoms with Gasteiger partial charge in [0.25, 0.3) is 0 Å². The third-order valence-electron chi connectivity index (χ3n) is 3.20. The molecule has 1 N–H and O–H groups in total. The number of phenolic OH excluding ortho intramolecular Hbond substituents is 1. The van der Waals surface area contributed by atoms with Crippen molar-refractivity contribution in [3.63, 3.8) is 0 Å². The number of rotatable bonds is 3. The minimum absolute atomic E-state index is 0. The van der Waals surface area contributed by atoms with E-state index in [-0.39, 0.29) is 75.4 Å². The van der Waals surface area contributed by atoms with Gasteiger partial charge in [-0.25, -0.2) is 8.42 Å². The van der Waals surface area contributed by atoms with E-state index >= 15 is 0 Å². The second kappa shape index (κ2) is 12.5. The molecule has 0 radical (unpaired) electrons. The van der Waals surface area contributed by atoms with Gasteiger partial charge in [-0.1, -0.05) is 12.1 Å². The summed E-state index contributed by atoms with van der Waals surface area (Å²) in [5.74, 6) is -0.0959. The number of nitrogens with zero attached hydrogens (tertiary/aromatic N) is 2. The molecule has 29 heavy (non-hydrogen) atoms. The fourth-order valence-corrected chi connectivity index (χ4v) is 2.60. The molecule has 13 heteroatoms. The summed E-state index contributed by atoms with van der Waals surface area (Å²) in [5, 5.41) is 19.0. The SMILES string of the molecule is O=S(=O)([O-])c1ccc2c(N=Nc3cc[c-]cc3)c(O)ccc2c1.O=S(=O)=O.[Na+].[Na+]. The predicted molar refractivity (Wildman–Crippen MR) is 92.7 cm³/mol. The van der Waals surface area contributed by atoms with Crippen LogP contribution in [0, 0.1) is 6.07 Å². The maximum absolute atomic E-state index is 11.1. The molecule has 0 atom stereocenters. The number of aromatic hydroxyl groups is 1. The molecule has 3 aromatic rings. The molecule has 0 fully saturated rings. The van der Waals surface area contributed by atoms with Crippen LogP contribution in [0.2, 0.25) is 0 Å². The zero-order valence-corrected chi connectivity index (χ0v) is 20.9. The van der Waals surface area contributed by atoms with Gasteiger partial charge in [0.15, 0.2) is 0 Å². The molecule has 0 amide bonds. The molecule has 0 aliphatic heterocycles. The molecular formula is C16H10N2Na2O7S2. The van der Waals surface area contributed by atoms with E-state index in [2.05, 4.69) is 16.3 Å². The second-order valence-corrected chi connectivity index (χ2v) is 6.72. The van der Waals surface area contributed by atoms with E-state index in [1.807, 2.05) is 0 Å². The molecule has 0 heterocycles. The molecule has 3 rings (SSSR count). The van der Waals surface area contributed by atoms with Crippen LogP contribution in [-0.4, -0.2) is 30.7 Å². The summed E-state index contributed by atoms with van der Waals surface area (Å²) in [7, 11) is -7.65. The van der Waals surface area contributed by atoms with Gasteiger partial charge < -0.3 is 9.66 Å². The first kappa shape index (κ1) is 27.8. The Labute approximate surface area is 212 Å². The number of hydrogen-bond donors (Lipinski definition) is 1. The van der Waals surface area contributed by atoms with Gasteiger partial charge in [-0.15, -0.1) is 29.9 Å². The topological polar surface area (TPSA) is 153 Å². The molecule has 3 aromatic carbocycles. The van der Waals surface area contributed by atoms with Crippen LogP contribution in [0.15, 0.2) is 69.7 Å². The van der Waals surface area contributed by atoms with Crippen molar-refractivity contribution < 1.29 is 89.8 Å². The summed E-state index contributed by atoms with van der Waals surface area (Å²) in [6, 6.07) is 16.4. The van der Waals surface area contributed by atoms with Crippen LogP contribution < -0.4 is 59.1 Å². The molecule has 0 aliphatic rings. The fourth-order valence-electron chi connectivity index (χ4n) is 2.09. The minimum atomic E-state index is -4.54. The summed E-state index contributed by atoms with van der Waals surface area (Å²) in [6.07, 6.45) is 0. The maximum atomic E-state index is 11.1. The predicted octanol–water partition coefficient (Wildman–Crippen LogP) is -3.33. The van der Waals surface area contributed by atoms with E-state index < -0.39 is 20.7 Å². The Morgan fingerprint density at radius 1 is 0.931 bits per heavy atom. The average molecular weight is 452 g/mol. The van der Waals surface area contributed by atoms with Gasteiger partial charge in [0.1, 0.15) is 21.6 Å². The van der Waals surface area contributed by atoms with Crippen LogP contribution >= 0.6 is 0 Å². The Morgan fingerprint density at radius 2 is 1.52 bits per heavy atom. The summed E-state index contributed by atoms with van der Waals surface area (Å²) >= 11 is 0. The van der Waals surface area contributed by atoms with Crippen LogP contribution in [-0.2, 0) is 20.7 Å². The molecule has 0 bridgehead atoms. The van der Waals surface area contributed by atoms with E-state index in [9.17, 15) is 18.1 Å². The minimum Gasteiger partial charge on any atom is -0.744 e. The van der Waals surface area contributed by atoms with E-state index in [1.54, 1.807) is 24.3 Å². The quantitative estimate of drug-likeness (QED) is 0.189. The Hall–Kier alpha value is -1.15. The van der Waals surface area contributed by atoms with Gasteiger partial charge in [-0.2, -0.15) is 23.3 Å². The van der Waals surface area contributed by atoms with Gasteiger partial charge in [-0.3, -0.25) is 0 Å². The van der Waals surface area contributed by atoms with Crippen molar-refractivity contribution in [1.29, 1.82) is 0 Å². The van der Waals surface area contributed by atoms with Gasteiger partial charge in [0.2, 0.25) is 0 Å². The molecule has 0 saturated heterocycles. The van der Waals surface area contributed by atoms with Crippen LogP contribution in [0.3, 0.4) is 0 Å². The average Bonchev–Trinajstić information content (AvgIpc) is 2.60. The Morgan fingerprint density at radius 3 is 2.07 bits per heavy atom. The molecule has 0 unspecified atom stereocenters. The first-order valence-electron chi connectivity index (χ1n) is 7.05. The zero-order chi connectivity index (χ0) is 20.0. The Bertz CT molecular complexity index is 1210. The Kier molecular flexibility index (Phi) is 12.0. The molecular weight excluding hydrogens is 442 g/mol. The summed E-state index contributed by atoms with van der Waals surface area (Å²) in [6.45, 7) is 0. The first-order valence-corrected chi connectivity index (χ1v) is 9.45. The van der Waals surface area contributed by atoms with Crippen molar-refractivity contribution in [2.24, 2.45) is 10.2 Å². The van der Waals surface area contributed by atoms with E-state index in [1.165, 1.54) is 30.3 Å². The van der Waals surface area contributed by atoms with Crippen molar-refractivity contribution in [3.8, 4) is 5.75 Å². The smallest absolute Gasteiger partial charge is 0.744 e. The third-order valence-corrected chi connectivity index (χ3v) is 4.03. The third kappa shape index (κ3) is 8.62. The van der Waals surface area contributed by atoms with Gasteiger partial charge in [0.05, 0.1) is 4.90 Å². The maximum Gasteiger partial charge on any atom is 1.00 e. The summed E-state index contributed by atoms with van der Waals surface area (Å²) in [5.41, 5.74) is 0.782. The largest absolute Gasteiger partial charge is 1.00 e. The van der Waals surface area contributed by atoms with Crippen LogP contribution in [0.4, 0.5) is 11.4 Å². The van der Waals surface area contributed by atoms with E-state index in [0.717, 1.165) is 0 Å². The van der Waals surface area contributed by atoms with Gasteiger partial charge >= 0.3 is 69.7 Å². The van der Waals surface area contributed by atoms with Crippen molar-refractivity contribution >= 4 is 42.9 Å². The standard InChI is InChI=1S/C16H11N2O4S.2Na.O3S/c19-15-9-6-11-10-13(23(20,21)22)7-8-14(11)16(15)18-17-12-4-2-1-3-5-12;;;1-4(2)3/h2-10,19H,(H,20,21,22);;;/q-1;2*+1;/p-1. The number of azo groups is 1. The molecule has 0 saturated carbocycles. The summed E-state index contributed by atoms with van der Waals surface area (Å²) < 4.78 is 58.6. The normalized spacial score (nSPS) is 10.4.